The number of unbranched alkanes of at least 4 members (excludes halogenated alkanes) is 1. The molecule has 0 aromatic heterocycles. The minimum Gasteiger partial charge on any atom is -0.495 e. The number of carbonyl (C=O) groups excluding carboxylic acids is 2. The maximum atomic E-state index is 13.5. The SMILES string of the molecule is CCCCNC(=O)[C@@H](C)N(Cc1cccc(Cl)c1)C(=O)CN(c1ccccc1OC)S(C)(=O)=O. The fourth-order valence-electron chi connectivity index (χ4n) is 3.38. The van der Waals surface area contributed by atoms with Crippen molar-refractivity contribution >= 4 is 39.1 Å². The third-order valence-corrected chi connectivity index (χ3v) is 6.63. The number of rotatable bonds is 12. The number of para-hydroxylation sites is 2. The van der Waals surface area contributed by atoms with Crippen molar-refractivity contribution < 1.29 is 22.7 Å². The molecule has 186 valence electrons. The predicted octanol–water partition coefficient (Wildman–Crippen LogP) is 3.45. The van der Waals surface area contributed by atoms with Gasteiger partial charge in [0.15, 0.2) is 0 Å². The van der Waals surface area contributed by atoms with Crippen LogP contribution in [0.3, 0.4) is 0 Å². The van der Waals surface area contributed by atoms with E-state index in [1.807, 2.05) is 6.92 Å². The van der Waals surface area contributed by atoms with Crippen molar-refractivity contribution in [3.05, 3.63) is 59.1 Å². The first-order chi connectivity index (χ1) is 16.1. The lowest BCUT2D eigenvalue weighted by Gasteiger charge is -2.31. The second-order valence-electron chi connectivity index (χ2n) is 7.91. The minimum absolute atomic E-state index is 0.0886. The molecule has 0 aliphatic rings. The van der Waals surface area contributed by atoms with Gasteiger partial charge in [-0.25, -0.2) is 8.42 Å². The van der Waals surface area contributed by atoms with Crippen LogP contribution in [0.1, 0.15) is 32.3 Å². The first kappa shape index (κ1) is 27.5. The summed E-state index contributed by atoms with van der Waals surface area (Å²) in [6, 6.07) is 12.7. The predicted molar refractivity (Wildman–Crippen MR) is 135 cm³/mol. The number of sulfonamides is 1. The van der Waals surface area contributed by atoms with Crippen LogP contribution in [0.2, 0.25) is 5.02 Å². The number of benzene rings is 2. The van der Waals surface area contributed by atoms with E-state index in [-0.39, 0.29) is 18.1 Å². The lowest BCUT2D eigenvalue weighted by atomic mass is 10.1. The van der Waals surface area contributed by atoms with Crippen molar-refractivity contribution in [2.75, 3.05) is 30.8 Å². The van der Waals surface area contributed by atoms with Crippen molar-refractivity contribution in [1.82, 2.24) is 10.2 Å². The summed E-state index contributed by atoms with van der Waals surface area (Å²) >= 11 is 6.11. The zero-order valence-electron chi connectivity index (χ0n) is 20.0. The maximum absolute atomic E-state index is 13.5. The Balaban J connectivity index is 2.38. The second kappa shape index (κ2) is 12.6. The summed E-state index contributed by atoms with van der Waals surface area (Å²) in [6.07, 6.45) is 2.76. The number of ether oxygens (including phenoxy) is 1. The van der Waals surface area contributed by atoms with Gasteiger partial charge >= 0.3 is 0 Å². The first-order valence-corrected chi connectivity index (χ1v) is 13.2. The van der Waals surface area contributed by atoms with Gasteiger partial charge in [0, 0.05) is 18.1 Å². The third kappa shape index (κ3) is 7.63. The molecule has 0 saturated heterocycles. The number of nitrogens with one attached hydrogen (secondary N) is 1. The Hall–Kier alpha value is -2.78. The molecule has 0 spiro atoms. The first-order valence-electron chi connectivity index (χ1n) is 11.0. The van der Waals surface area contributed by atoms with Gasteiger partial charge in [-0.2, -0.15) is 0 Å². The molecule has 2 amide bonds. The van der Waals surface area contributed by atoms with E-state index >= 15 is 0 Å². The quantitative estimate of drug-likeness (QED) is 0.442. The number of hydrogen-bond acceptors (Lipinski definition) is 5. The largest absolute Gasteiger partial charge is 0.495 e. The summed E-state index contributed by atoms with van der Waals surface area (Å²) in [5, 5.41) is 3.34. The molecule has 8 nitrogen and oxygen atoms in total. The highest BCUT2D eigenvalue weighted by molar-refractivity contribution is 7.92. The van der Waals surface area contributed by atoms with E-state index < -0.39 is 28.5 Å². The van der Waals surface area contributed by atoms with Crippen LogP contribution in [0.5, 0.6) is 5.75 Å². The van der Waals surface area contributed by atoms with Gasteiger partial charge in [0.25, 0.3) is 0 Å². The lowest BCUT2D eigenvalue weighted by Crippen LogP contribution is -2.51. The summed E-state index contributed by atoms with van der Waals surface area (Å²) in [5.41, 5.74) is 0.959. The summed E-state index contributed by atoms with van der Waals surface area (Å²) in [7, 11) is -2.41. The Kier molecular flexibility index (Phi) is 10.2. The monoisotopic (exact) mass is 509 g/mol. The molecule has 2 rings (SSSR count). The Morgan fingerprint density at radius 3 is 2.47 bits per heavy atom. The van der Waals surface area contributed by atoms with Crippen LogP contribution in [0.15, 0.2) is 48.5 Å². The van der Waals surface area contributed by atoms with Gasteiger partial charge in [0.2, 0.25) is 21.8 Å². The number of amides is 2. The van der Waals surface area contributed by atoms with E-state index in [1.165, 1.54) is 12.0 Å². The fraction of sp³-hybridized carbons (Fsp3) is 0.417. The van der Waals surface area contributed by atoms with Crippen LogP contribution in [0, 0.1) is 0 Å². The van der Waals surface area contributed by atoms with Crippen molar-refractivity contribution in [3.63, 3.8) is 0 Å². The molecule has 34 heavy (non-hydrogen) atoms. The molecule has 0 bridgehead atoms. The van der Waals surface area contributed by atoms with Gasteiger partial charge in [-0.05, 0) is 43.2 Å². The van der Waals surface area contributed by atoms with Crippen molar-refractivity contribution in [3.8, 4) is 5.75 Å². The Bertz CT molecular complexity index is 1090. The molecule has 0 aliphatic heterocycles. The standard InChI is InChI=1S/C24H32ClN3O5S/c1-5-6-14-26-24(30)18(2)27(16-19-10-9-11-20(25)15-19)23(29)17-28(34(4,31)32)21-12-7-8-13-22(21)33-3/h7-13,15,18H,5-6,14,16-17H2,1-4H3,(H,26,30)/t18-/m1/s1. The number of methoxy groups -OCH3 is 1. The van der Waals surface area contributed by atoms with Crippen LogP contribution in [0.4, 0.5) is 5.69 Å². The van der Waals surface area contributed by atoms with Gasteiger partial charge in [-0.3, -0.25) is 13.9 Å². The van der Waals surface area contributed by atoms with E-state index in [9.17, 15) is 18.0 Å². The van der Waals surface area contributed by atoms with Crippen LogP contribution in [-0.2, 0) is 26.2 Å². The number of hydrogen-bond donors (Lipinski definition) is 1. The van der Waals surface area contributed by atoms with Crippen LogP contribution >= 0.6 is 11.6 Å². The Morgan fingerprint density at radius 2 is 1.85 bits per heavy atom. The van der Waals surface area contributed by atoms with Crippen molar-refractivity contribution in [2.45, 2.75) is 39.3 Å². The summed E-state index contributed by atoms with van der Waals surface area (Å²) in [4.78, 5) is 27.7. The number of carbonyl (C=O) groups is 2. The van der Waals surface area contributed by atoms with Gasteiger partial charge in [0.1, 0.15) is 18.3 Å². The molecule has 0 radical (unpaired) electrons. The Morgan fingerprint density at radius 1 is 1.15 bits per heavy atom. The third-order valence-electron chi connectivity index (χ3n) is 5.27. The van der Waals surface area contributed by atoms with Gasteiger partial charge in [-0.1, -0.05) is 49.2 Å². The smallest absolute Gasteiger partial charge is 0.244 e. The normalized spacial score (nSPS) is 12.0. The maximum Gasteiger partial charge on any atom is 0.244 e. The van der Waals surface area contributed by atoms with E-state index in [2.05, 4.69) is 5.32 Å². The van der Waals surface area contributed by atoms with Gasteiger partial charge in [-0.15, -0.1) is 0 Å². The summed E-state index contributed by atoms with van der Waals surface area (Å²) in [6.45, 7) is 3.73. The molecular formula is C24H32ClN3O5S. The molecule has 10 heteroatoms. The zero-order chi connectivity index (χ0) is 25.3. The zero-order valence-corrected chi connectivity index (χ0v) is 21.5. The molecule has 0 fully saturated rings. The van der Waals surface area contributed by atoms with Gasteiger partial charge < -0.3 is 15.0 Å². The van der Waals surface area contributed by atoms with E-state index in [0.717, 1.165) is 29.0 Å². The van der Waals surface area contributed by atoms with Gasteiger partial charge in [0.05, 0.1) is 19.1 Å². The molecule has 0 unspecified atom stereocenters. The van der Waals surface area contributed by atoms with E-state index in [1.54, 1.807) is 55.5 Å². The van der Waals surface area contributed by atoms with Crippen LogP contribution < -0.4 is 14.4 Å². The van der Waals surface area contributed by atoms with Crippen molar-refractivity contribution in [1.29, 1.82) is 0 Å². The highest BCUT2D eigenvalue weighted by Gasteiger charge is 2.31. The molecule has 2 aromatic carbocycles. The molecular weight excluding hydrogens is 478 g/mol. The number of halogens is 1. The number of nitrogens with zero attached hydrogens (tertiary/aromatic N) is 2. The fourth-order valence-corrected chi connectivity index (χ4v) is 4.45. The molecule has 0 aliphatic carbocycles. The highest BCUT2D eigenvalue weighted by atomic mass is 35.5. The molecule has 1 atom stereocenters. The van der Waals surface area contributed by atoms with E-state index in [0.29, 0.717) is 17.3 Å². The summed E-state index contributed by atoms with van der Waals surface area (Å²) < 4.78 is 31.6. The summed E-state index contributed by atoms with van der Waals surface area (Å²) in [5.74, 6) is -0.533. The van der Waals surface area contributed by atoms with Crippen LogP contribution in [-0.4, -0.2) is 57.6 Å². The molecule has 0 saturated carbocycles. The topological polar surface area (TPSA) is 96.0 Å². The number of anilines is 1. The average molecular weight is 510 g/mol. The second-order valence-corrected chi connectivity index (χ2v) is 10.3. The molecule has 0 heterocycles. The molecule has 1 N–H and O–H groups in total. The van der Waals surface area contributed by atoms with Crippen LogP contribution in [0.25, 0.3) is 0 Å². The molecule has 2 aromatic rings. The average Bonchev–Trinajstić information content (AvgIpc) is 2.79. The van der Waals surface area contributed by atoms with E-state index in [4.69, 9.17) is 16.3 Å². The minimum atomic E-state index is -3.84. The lowest BCUT2D eigenvalue weighted by molar-refractivity contribution is -0.139. The van der Waals surface area contributed by atoms with Crippen molar-refractivity contribution in [2.24, 2.45) is 0 Å². The Labute approximate surface area is 206 Å². The highest BCUT2D eigenvalue weighted by Crippen LogP contribution is 2.29.